The van der Waals surface area contributed by atoms with E-state index in [0.717, 1.165) is 89.5 Å². The minimum absolute atomic E-state index is 0.00786. The van der Waals surface area contributed by atoms with Crippen LogP contribution in [0.3, 0.4) is 0 Å². The molecular formula is C38H44N6O4. The molecule has 1 saturated carbocycles. The number of aromatic nitrogens is 5. The highest BCUT2D eigenvalue weighted by Crippen LogP contribution is 2.62. The monoisotopic (exact) mass is 648 g/mol. The lowest BCUT2D eigenvalue weighted by atomic mass is 9.92. The fraction of sp³-hybridized carbons (Fsp3) is 0.500. The van der Waals surface area contributed by atoms with Crippen LogP contribution in [0.4, 0.5) is 0 Å². The summed E-state index contributed by atoms with van der Waals surface area (Å²) in [5, 5.41) is 5.52. The van der Waals surface area contributed by atoms with Gasteiger partial charge in [0.25, 0.3) is 0 Å². The molecule has 0 unspecified atom stereocenters. The third-order valence-electron chi connectivity index (χ3n) is 10.6. The Balaban J connectivity index is 1.28. The maximum Gasteiger partial charge on any atom is 0.245 e. The molecule has 2 fully saturated rings. The molecule has 0 radical (unpaired) electrons. The fourth-order valence-electron chi connectivity index (χ4n) is 7.91. The minimum atomic E-state index is -0.529. The van der Waals surface area contributed by atoms with E-state index in [2.05, 4.69) is 21.0 Å². The predicted molar refractivity (Wildman–Crippen MR) is 182 cm³/mol. The Hall–Kier alpha value is -4.31. The highest BCUT2D eigenvalue weighted by atomic mass is 16.5. The Morgan fingerprint density at radius 3 is 2.56 bits per heavy atom. The second-order valence-electron chi connectivity index (χ2n) is 14.1. The number of aryl methyl sites for hydroxylation is 4. The van der Waals surface area contributed by atoms with Crippen molar-refractivity contribution in [1.82, 2.24) is 29.6 Å². The first kappa shape index (κ1) is 32.2. The van der Waals surface area contributed by atoms with Crippen LogP contribution in [0.1, 0.15) is 90.7 Å². The molecule has 7 rings (SSSR count). The maximum absolute atomic E-state index is 14.5. The smallest absolute Gasteiger partial charge is 0.245 e. The number of nitrogens with zero attached hydrogens (tertiary/aromatic N) is 6. The van der Waals surface area contributed by atoms with E-state index in [0.29, 0.717) is 31.2 Å². The van der Waals surface area contributed by atoms with Crippen LogP contribution < -0.4 is 0 Å². The van der Waals surface area contributed by atoms with Gasteiger partial charge in [-0.2, -0.15) is 5.10 Å². The Bertz CT molecular complexity index is 1900. The van der Waals surface area contributed by atoms with E-state index in [-0.39, 0.29) is 41.9 Å². The van der Waals surface area contributed by atoms with Crippen molar-refractivity contribution < 1.29 is 19.1 Å². The first-order chi connectivity index (χ1) is 23.1. The minimum Gasteiger partial charge on any atom is -0.381 e. The first-order valence-corrected chi connectivity index (χ1v) is 17.3. The van der Waals surface area contributed by atoms with E-state index in [1.807, 2.05) is 43.9 Å². The molecule has 10 nitrogen and oxygen atoms in total. The van der Waals surface area contributed by atoms with Crippen molar-refractivity contribution in [3.63, 3.8) is 0 Å². The summed E-state index contributed by atoms with van der Waals surface area (Å²) in [6.07, 6.45) is 11.0. The molecule has 1 aliphatic carbocycles. The van der Waals surface area contributed by atoms with Crippen molar-refractivity contribution in [3.8, 4) is 11.1 Å². The van der Waals surface area contributed by atoms with Gasteiger partial charge in [0.1, 0.15) is 18.1 Å². The number of pyridine rings is 1. The van der Waals surface area contributed by atoms with Gasteiger partial charge in [-0.25, -0.2) is 9.97 Å². The molecule has 1 amide bonds. The molecule has 0 spiro atoms. The molecule has 48 heavy (non-hydrogen) atoms. The Morgan fingerprint density at radius 2 is 1.77 bits per heavy atom. The van der Waals surface area contributed by atoms with Crippen LogP contribution in [-0.2, 0) is 33.7 Å². The van der Waals surface area contributed by atoms with Crippen LogP contribution >= 0.6 is 0 Å². The largest absolute Gasteiger partial charge is 0.381 e. The Morgan fingerprint density at radius 1 is 0.979 bits per heavy atom. The zero-order valence-corrected chi connectivity index (χ0v) is 28.4. The molecule has 0 N–H and O–H groups in total. The molecule has 3 aromatic heterocycles. The summed E-state index contributed by atoms with van der Waals surface area (Å²) in [7, 11) is 0. The van der Waals surface area contributed by atoms with Gasteiger partial charge in [-0.05, 0) is 99.6 Å². The van der Waals surface area contributed by atoms with Gasteiger partial charge in [0.15, 0.2) is 11.6 Å². The van der Waals surface area contributed by atoms with Gasteiger partial charge in [0, 0.05) is 55.2 Å². The molecule has 250 valence electrons. The summed E-state index contributed by atoms with van der Waals surface area (Å²) in [4.78, 5) is 56.8. The quantitative estimate of drug-likeness (QED) is 0.253. The zero-order valence-electron chi connectivity index (χ0n) is 28.4. The highest BCUT2D eigenvalue weighted by Gasteiger charge is 2.66. The lowest BCUT2D eigenvalue weighted by Crippen LogP contribution is -2.45. The maximum atomic E-state index is 14.5. The van der Waals surface area contributed by atoms with Gasteiger partial charge in [-0.1, -0.05) is 18.9 Å². The molecule has 2 aliphatic heterocycles. The second kappa shape index (κ2) is 13.0. The number of amides is 1. The fourth-order valence-corrected chi connectivity index (χ4v) is 7.91. The number of hydrogen-bond donors (Lipinski definition) is 0. The predicted octanol–water partition coefficient (Wildman–Crippen LogP) is 5.71. The summed E-state index contributed by atoms with van der Waals surface area (Å²) >= 11 is 0. The van der Waals surface area contributed by atoms with E-state index in [1.165, 1.54) is 6.92 Å². The normalized spacial score (nSPS) is 23.2. The number of ether oxygens (including phenoxy) is 1. The van der Waals surface area contributed by atoms with Gasteiger partial charge >= 0.3 is 0 Å². The number of Topliss-reactive ketones (excluding diaryl/α,β-unsaturated/α-hetero) is 2. The average molecular weight is 649 g/mol. The molecular weight excluding hydrogens is 604 g/mol. The number of hydrogen-bond acceptors (Lipinski definition) is 8. The van der Waals surface area contributed by atoms with E-state index in [1.54, 1.807) is 17.1 Å². The summed E-state index contributed by atoms with van der Waals surface area (Å²) in [6.45, 7) is 8.58. The number of benzene rings is 1. The summed E-state index contributed by atoms with van der Waals surface area (Å²) in [5.74, 6) is 0.408. The Kier molecular flexibility index (Phi) is 8.70. The van der Waals surface area contributed by atoms with Crippen molar-refractivity contribution in [2.75, 3.05) is 13.2 Å². The standard InChI is InChI=1S/C38H44N6O4/c1-23-10-11-24(2)41-31(23)17-33(46)32-18-38-12-14-48-13-8-6-5-7-9-27-15-28(29-20-39-26(4)40-21-29)16-30-36(25(3)45)42-43(37(27)30)22-35(47)44(32)34(38)19-38/h10-11,15-16,20-21,32,34H,5-9,12-14,17-19,22H2,1-4H3/t32-,34+,38-/m0/s1. The summed E-state index contributed by atoms with van der Waals surface area (Å²) in [6, 6.07) is 7.52. The highest BCUT2D eigenvalue weighted by molar-refractivity contribution is 6.07. The third-order valence-corrected chi connectivity index (χ3v) is 10.6. The van der Waals surface area contributed by atoms with Crippen LogP contribution in [0.15, 0.2) is 36.7 Å². The van der Waals surface area contributed by atoms with Crippen LogP contribution in [0.2, 0.25) is 0 Å². The molecule has 3 atom stereocenters. The van der Waals surface area contributed by atoms with Crippen molar-refractivity contribution in [2.45, 2.75) is 104 Å². The third kappa shape index (κ3) is 6.18. The van der Waals surface area contributed by atoms with Crippen LogP contribution in [0, 0.1) is 26.2 Å². The molecule has 5 heterocycles. The van der Waals surface area contributed by atoms with Crippen molar-refractivity contribution >= 4 is 28.4 Å². The molecule has 1 saturated heterocycles. The first-order valence-electron chi connectivity index (χ1n) is 17.3. The number of carbonyl (C=O) groups is 3. The molecule has 10 heteroatoms. The van der Waals surface area contributed by atoms with Gasteiger partial charge in [-0.3, -0.25) is 24.0 Å². The van der Waals surface area contributed by atoms with Crippen molar-refractivity contribution in [1.29, 1.82) is 0 Å². The van der Waals surface area contributed by atoms with Crippen molar-refractivity contribution in [2.24, 2.45) is 5.41 Å². The summed E-state index contributed by atoms with van der Waals surface area (Å²) in [5.41, 5.74) is 6.47. The lowest BCUT2D eigenvalue weighted by Gasteiger charge is -2.27. The lowest BCUT2D eigenvalue weighted by molar-refractivity contribution is -0.139. The molecule has 2 bridgehead atoms. The van der Waals surface area contributed by atoms with Gasteiger partial charge in [0.2, 0.25) is 5.91 Å². The van der Waals surface area contributed by atoms with Crippen LogP contribution in [-0.4, -0.2) is 72.4 Å². The Labute approximate surface area is 281 Å². The van der Waals surface area contributed by atoms with Crippen molar-refractivity contribution in [3.05, 3.63) is 70.7 Å². The average Bonchev–Trinajstić information content (AvgIpc) is 3.46. The second-order valence-corrected chi connectivity index (χ2v) is 14.1. The number of piperidine rings is 1. The molecule has 1 aromatic carbocycles. The molecule has 4 aromatic rings. The van der Waals surface area contributed by atoms with E-state index >= 15 is 0 Å². The zero-order chi connectivity index (χ0) is 33.6. The van der Waals surface area contributed by atoms with E-state index in [9.17, 15) is 14.4 Å². The number of ketones is 2. The molecule has 3 aliphatic rings. The number of carbonyl (C=O) groups excluding carboxylic acids is 3. The van der Waals surface area contributed by atoms with E-state index < -0.39 is 6.04 Å². The van der Waals surface area contributed by atoms with Gasteiger partial charge < -0.3 is 9.64 Å². The van der Waals surface area contributed by atoms with Gasteiger partial charge in [0.05, 0.1) is 23.7 Å². The van der Waals surface area contributed by atoms with E-state index in [4.69, 9.17) is 9.84 Å². The van der Waals surface area contributed by atoms with Crippen LogP contribution in [0.5, 0.6) is 0 Å². The van der Waals surface area contributed by atoms with Crippen LogP contribution in [0.25, 0.3) is 22.0 Å². The number of rotatable bonds is 5. The van der Waals surface area contributed by atoms with Gasteiger partial charge in [-0.15, -0.1) is 0 Å². The topological polar surface area (TPSA) is 120 Å². The summed E-state index contributed by atoms with van der Waals surface area (Å²) < 4.78 is 7.80. The SMILES string of the molecule is CC(=O)c1nn2c3c(cc(-c4cnc(C)nc4)cc13)CCCCCCOCC[C@@]13C[C@@H](C(=O)Cc4nc(C)ccc4C)N(C(=O)C2)[C@@H]1C3.